The van der Waals surface area contributed by atoms with E-state index in [0.717, 1.165) is 30.6 Å². The Hall–Kier alpha value is -2.83. The van der Waals surface area contributed by atoms with Crippen molar-refractivity contribution >= 4 is 17.6 Å². The van der Waals surface area contributed by atoms with Crippen LogP contribution in [0.25, 0.3) is 0 Å². The van der Waals surface area contributed by atoms with Crippen molar-refractivity contribution in [2.24, 2.45) is 0 Å². The lowest BCUT2D eigenvalue weighted by Gasteiger charge is -2.23. The number of carbonyl (C=O) groups is 2. The number of hydrogen-bond acceptors (Lipinski definition) is 3. The molecule has 0 saturated carbocycles. The number of fused-ring (bicyclic) bond motifs is 1. The summed E-state index contributed by atoms with van der Waals surface area (Å²) in [4.78, 5) is 25.5. The van der Waals surface area contributed by atoms with Crippen LogP contribution in [0.2, 0.25) is 0 Å². The number of amides is 3. The lowest BCUT2D eigenvalue weighted by molar-refractivity contribution is 0.0823. The lowest BCUT2D eigenvalue weighted by Crippen LogP contribution is -2.34. The van der Waals surface area contributed by atoms with Gasteiger partial charge in [0.1, 0.15) is 11.6 Å². The molecule has 1 aromatic carbocycles. The number of furan rings is 1. The molecule has 1 aliphatic carbocycles. The largest absolute Gasteiger partial charge is 0.469 e. The normalized spacial score (nSPS) is 16.0. The van der Waals surface area contributed by atoms with E-state index in [9.17, 15) is 14.0 Å². The van der Waals surface area contributed by atoms with Crippen molar-refractivity contribution < 1.29 is 18.4 Å². The van der Waals surface area contributed by atoms with Gasteiger partial charge < -0.3 is 20.0 Å². The predicted molar refractivity (Wildman–Crippen MR) is 91.0 cm³/mol. The first-order chi connectivity index (χ1) is 12.0. The first-order valence-electron chi connectivity index (χ1n) is 8.10. The summed E-state index contributed by atoms with van der Waals surface area (Å²) >= 11 is 0. The molecule has 7 heteroatoms. The molecule has 1 heterocycles. The molecule has 25 heavy (non-hydrogen) atoms. The Morgan fingerprint density at radius 3 is 2.84 bits per heavy atom. The smallest absolute Gasteiger partial charge is 0.319 e. The number of halogens is 1. The van der Waals surface area contributed by atoms with Crippen molar-refractivity contribution in [1.29, 1.82) is 0 Å². The highest BCUT2D eigenvalue weighted by Crippen LogP contribution is 2.30. The molecule has 0 aliphatic heterocycles. The van der Waals surface area contributed by atoms with Crippen LogP contribution in [0.5, 0.6) is 0 Å². The van der Waals surface area contributed by atoms with E-state index in [4.69, 9.17) is 4.42 Å². The molecule has 0 unspecified atom stereocenters. The Kier molecular flexibility index (Phi) is 4.74. The van der Waals surface area contributed by atoms with Crippen LogP contribution in [0.3, 0.4) is 0 Å². The van der Waals surface area contributed by atoms with Crippen molar-refractivity contribution in [2.75, 3.05) is 19.4 Å². The Morgan fingerprint density at radius 1 is 1.28 bits per heavy atom. The molecule has 1 atom stereocenters. The third-order valence-corrected chi connectivity index (χ3v) is 4.22. The van der Waals surface area contributed by atoms with Gasteiger partial charge in [-0.1, -0.05) is 0 Å². The number of nitrogens with zero attached hydrogens (tertiary/aromatic N) is 1. The lowest BCUT2D eigenvalue weighted by atomic mass is 9.93. The fourth-order valence-corrected chi connectivity index (χ4v) is 2.97. The van der Waals surface area contributed by atoms with Crippen molar-refractivity contribution in [3.05, 3.63) is 53.2 Å². The van der Waals surface area contributed by atoms with Gasteiger partial charge in [-0.15, -0.1) is 0 Å². The van der Waals surface area contributed by atoms with Crippen LogP contribution < -0.4 is 10.6 Å². The summed E-state index contributed by atoms with van der Waals surface area (Å²) in [6.45, 7) is 0. The van der Waals surface area contributed by atoms with Crippen LogP contribution >= 0.6 is 0 Å². The van der Waals surface area contributed by atoms with Gasteiger partial charge in [0.05, 0.1) is 17.9 Å². The van der Waals surface area contributed by atoms with Gasteiger partial charge in [-0.25, -0.2) is 9.18 Å². The fraction of sp³-hybridized carbons (Fsp3) is 0.333. The van der Waals surface area contributed by atoms with E-state index in [1.165, 1.54) is 23.1 Å². The monoisotopic (exact) mass is 345 g/mol. The Morgan fingerprint density at radius 2 is 2.08 bits per heavy atom. The molecule has 132 valence electrons. The van der Waals surface area contributed by atoms with Gasteiger partial charge in [0.25, 0.3) is 5.91 Å². The summed E-state index contributed by atoms with van der Waals surface area (Å²) in [5, 5.41) is 5.55. The molecule has 1 aliphatic rings. The molecule has 1 aromatic heterocycles. The van der Waals surface area contributed by atoms with Crippen molar-refractivity contribution in [1.82, 2.24) is 10.2 Å². The van der Waals surface area contributed by atoms with E-state index in [1.54, 1.807) is 20.4 Å². The molecule has 6 nitrogen and oxygen atoms in total. The van der Waals surface area contributed by atoms with Crippen LogP contribution in [-0.2, 0) is 6.42 Å². The summed E-state index contributed by atoms with van der Waals surface area (Å²) in [5.74, 6) is -0.186. The van der Waals surface area contributed by atoms with Gasteiger partial charge in [0, 0.05) is 31.8 Å². The average molecular weight is 345 g/mol. The number of hydrogen-bond donors (Lipinski definition) is 2. The number of urea groups is 1. The van der Waals surface area contributed by atoms with Gasteiger partial charge in [-0.2, -0.15) is 0 Å². The van der Waals surface area contributed by atoms with E-state index >= 15 is 0 Å². The van der Waals surface area contributed by atoms with E-state index < -0.39 is 17.8 Å². The first-order valence-corrected chi connectivity index (χ1v) is 8.10. The second-order valence-electron chi connectivity index (χ2n) is 6.24. The fourth-order valence-electron chi connectivity index (χ4n) is 2.97. The van der Waals surface area contributed by atoms with E-state index in [0.29, 0.717) is 5.69 Å². The van der Waals surface area contributed by atoms with E-state index in [2.05, 4.69) is 10.6 Å². The number of rotatable bonds is 3. The summed E-state index contributed by atoms with van der Waals surface area (Å²) < 4.78 is 19.2. The highest BCUT2D eigenvalue weighted by molar-refractivity contribution is 5.97. The van der Waals surface area contributed by atoms with Gasteiger partial charge in [0.2, 0.25) is 0 Å². The SMILES string of the molecule is CN(C)C(=O)c1cc(NC(=O)N[C@@H]2CCCc3occc32)ccc1F. The molecule has 0 radical (unpaired) electrons. The van der Waals surface area contributed by atoms with Crippen LogP contribution in [0.4, 0.5) is 14.9 Å². The van der Waals surface area contributed by atoms with Gasteiger partial charge in [-0.3, -0.25) is 4.79 Å². The molecule has 0 saturated heterocycles. The first kappa shape index (κ1) is 17.0. The zero-order valence-electron chi connectivity index (χ0n) is 14.1. The number of anilines is 1. The second-order valence-corrected chi connectivity index (χ2v) is 6.24. The standard InChI is InChI=1S/C18H20FN3O3/c1-22(2)17(23)13-10-11(6-7-14(13)19)20-18(24)21-15-4-3-5-16-12(15)8-9-25-16/h6-10,15H,3-5H2,1-2H3,(H2,20,21,24)/t15-/m1/s1. The van der Waals surface area contributed by atoms with Gasteiger partial charge >= 0.3 is 6.03 Å². The summed E-state index contributed by atoms with van der Waals surface area (Å²) in [6, 6.07) is 5.26. The predicted octanol–water partition coefficient (Wildman–Crippen LogP) is 3.32. The minimum atomic E-state index is -0.625. The van der Waals surface area contributed by atoms with E-state index in [-0.39, 0.29) is 11.6 Å². The number of carbonyl (C=O) groups excluding carboxylic acids is 2. The minimum Gasteiger partial charge on any atom is -0.469 e. The zero-order chi connectivity index (χ0) is 18.0. The maximum absolute atomic E-state index is 13.8. The second kappa shape index (κ2) is 6.96. The molecule has 2 N–H and O–H groups in total. The Balaban J connectivity index is 1.70. The van der Waals surface area contributed by atoms with Crippen LogP contribution in [0.1, 0.15) is 40.6 Å². The van der Waals surface area contributed by atoms with Crippen molar-refractivity contribution in [3.8, 4) is 0 Å². The van der Waals surface area contributed by atoms with E-state index in [1.807, 2.05) is 6.07 Å². The maximum atomic E-state index is 13.8. The van der Waals surface area contributed by atoms with Crippen LogP contribution in [0.15, 0.2) is 34.9 Å². The minimum absolute atomic E-state index is 0.0856. The molecule has 0 bridgehead atoms. The number of benzene rings is 1. The Labute approximate surface area is 145 Å². The third kappa shape index (κ3) is 3.65. The highest BCUT2D eigenvalue weighted by atomic mass is 19.1. The van der Waals surface area contributed by atoms with Gasteiger partial charge in [-0.05, 0) is 37.1 Å². The number of nitrogens with one attached hydrogen (secondary N) is 2. The highest BCUT2D eigenvalue weighted by Gasteiger charge is 2.24. The topological polar surface area (TPSA) is 74.6 Å². The quantitative estimate of drug-likeness (QED) is 0.896. The van der Waals surface area contributed by atoms with Gasteiger partial charge in [0.15, 0.2) is 0 Å². The summed E-state index contributed by atoms with van der Waals surface area (Å²) in [7, 11) is 3.08. The van der Waals surface area contributed by atoms with Crippen molar-refractivity contribution in [2.45, 2.75) is 25.3 Å². The molecule has 3 rings (SSSR count). The molecule has 0 spiro atoms. The average Bonchev–Trinajstić information content (AvgIpc) is 3.05. The molecule has 0 fully saturated rings. The molecule has 2 aromatic rings. The summed E-state index contributed by atoms with van der Waals surface area (Å²) in [6.07, 6.45) is 4.26. The third-order valence-electron chi connectivity index (χ3n) is 4.22. The summed E-state index contributed by atoms with van der Waals surface area (Å²) in [5.41, 5.74) is 1.26. The maximum Gasteiger partial charge on any atom is 0.319 e. The Bertz CT molecular complexity index is 801. The molecule has 3 amide bonds. The molecular weight excluding hydrogens is 325 g/mol. The van der Waals surface area contributed by atoms with Crippen LogP contribution in [-0.4, -0.2) is 30.9 Å². The van der Waals surface area contributed by atoms with Crippen LogP contribution in [0, 0.1) is 5.82 Å². The zero-order valence-corrected chi connectivity index (χ0v) is 14.1. The molecular formula is C18H20FN3O3. The number of aryl methyl sites for hydroxylation is 1. The van der Waals surface area contributed by atoms with Crippen molar-refractivity contribution in [3.63, 3.8) is 0 Å².